The fraction of sp³-hybridized carbons (Fsp3) is 0.412. The molecule has 0 unspecified atom stereocenters. The molecule has 0 fully saturated rings. The van der Waals surface area contributed by atoms with E-state index >= 15 is 0 Å². The van der Waals surface area contributed by atoms with Gasteiger partial charge in [0.2, 0.25) is 5.95 Å². The summed E-state index contributed by atoms with van der Waals surface area (Å²) in [6.07, 6.45) is 1.69. The van der Waals surface area contributed by atoms with Gasteiger partial charge >= 0.3 is 0 Å². The fourth-order valence-corrected chi connectivity index (χ4v) is 1.45. The van der Waals surface area contributed by atoms with Crippen LogP contribution in [0.4, 0.5) is 17.5 Å². The normalized spacial score (nSPS) is 9.05. The lowest BCUT2D eigenvalue weighted by molar-refractivity contribution is 0.475. The Kier molecular flexibility index (Phi) is 10.2. The molecule has 22 heavy (non-hydrogen) atoms. The van der Waals surface area contributed by atoms with E-state index in [-0.39, 0.29) is 11.8 Å². The number of benzene rings is 1. The molecule has 2 aromatic rings. The van der Waals surface area contributed by atoms with Crippen LogP contribution in [0.1, 0.15) is 41.5 Å². The molecule has 0 saturated heterocycles. The van der Waals surface area contributed by atoms with Crippen molar-refractivity contribution in [2.75, 3.05) is 10.6 Å². The van der Waals surface area contributed by atoms with E-state index in [4.69, 9.17) is 0 Å². The molecular formula is C17H28N4O. The third-order valence-electron chi connectivity index (χ3n) is 2.21. The van der Waals surface area contributed by atoms with Crippen LogP contribution in [0.2, 0.25) is 0 Å². The Hall–Kier alpha value is -2.30. The van der Waals surface area contributed by atoms with Crippen LogP contribution < -0.4 is 10.6 Å². The zero-order valence-corrected chi connectivity index (χ0v) is 14.4. The quantitative estimate of drug-likeness (QED) is 0.708. The number of hydrogen-bond donors (Lipinski definition) is 3. The second-order valence-electron chi connectivity index (χ2n) is 4.24. The van der Waals surface area contributed by atoms with Crippen LogP contribution in [0.5, 0.6) is 5.75 Å². The maximum Gasteiger partial charge on any atom is 0.224 e. The molecule has 3 N–H and O–H groups in total. The van der Waals surface area contributed by atoms with Gasteiger partial charge in [0.05, 0.1) is 0 Å². The van der Waals surface area contributed by atoms with Crippen LogP contribution in [0, 0.1) is 0 Å². The topological polar surface area (TPSA) is 70.1 Å². The fourth-order valence-electron chi connectivity index (χ4n) is 1.45. The van der Waals surface area contributed by atoms with Gasteiger partial charge in [-0.1, -0.05) is 27.7 Å². The smallest absolute Gasteiger partial charge is 0.224 e. The lowest BCUT2D eigenvalue weighted by atomic mass is 10.3. The van der Waals surface area contributed by atoms with Crippen LogP contribution in [0.3, 0.4) is 0 Å². The zero-order chi connectivity index (χ0) is 17.0. The summed E-state index contributed by atoms with van der Waals surface area (Å²) in [5.74, 6) is 1.54. The predicted molar refractivity (Wildman–Crippen MR) is 94.9 cm³/mol. The lowest BCUT2D eigenvalue weighted by Crippen LogP contribution is -2.12. The van der Waals surface area contributed by atoms with Crippen molar-refractivity contribution in [1.82, 2.24) is 9.97 Å². The van der Waals surface area contributed by atoms with E-state index in [9.17, 15) is 5.11 Å². The molecule has 5 heteroatoms. The van der Waals surface area contributed by atoms with Crippen LogP contribution in [-0.4, -0.2) is 21.1 Å². The van der Waals surface area contributed by atoms with Crippen molar-refractivity contribution >= 4 is 17.5 Å². The Morgan fingerprint density at radius 1 is 0.955 bits per heavy atom. The average Bonchev–Trinajstić information content (AvgIpc) is 2.53. The van der Waals surface area contributed by atoms with Gasteiger partial charge in [0.25, 0.3) is 0 Å². The highest BCUT2D eigenvalue weighted by atomic mass is 16.3. The number of phenolic OH excluding ortho intramolecular Hbond substituents is 1. The number of nitrogens with one attached hydrogen (secondary N) is 2. The van der Waals surface area contributed by atoms with E-state index < -0.39 is 0 Å². The summed E-state index contributed by atoms with van der Waals surface area (Å²) < 4.78 is 0. The molecule has 0 spiro atoms. The maximum atomic E-state index is 9.20. The molecule has 0 aliphatic carbocycles. The molecule has 122 valence electrons. The van der Waals surface area contributed by atoms with Crippen molar-refractivity contribution in [3.05, 3.63) is 36.5 Å². The van der Waals surface area contributed by atoms with E-state index in [2.05, 4.69) is 20.6 Å². The van der Waals surface area contributed by atoms with Gasteiger partial charge in [0.1, 0.15) is 11.6 Å². The van der Waals surface area contributed by atoms with Gasteiger partial charge in [0.15, 0.2) is 0 Å². The van der Waals surface area contributed by atoms with Crippen molar-refractivity contribution in [3.8, 4) is 5.75 Å². The lowest BCUT2D eigenvalue weighted by Gasteiger charge is -2.10. The summed E-state index contributed by atoms with van der Waals surface area (Å²) in [5.41, 5.74) is 0.863. The molecule has 0 aliphatic rings. The zero-order valence-electron chi connectivity index (χ0n) is 14.4. The van der Waals surface area contributed by atoms with E-state index in [1.54, 1.807) is 36.5 Å². The number of aromatic nitrogens is 2. The monoisotopic (exact) mass is 304 g/mol. The third-order valence-corrected chi connectivity index (χ3v) is 2.21. The van der Waals surface area contributed by atoms with Crippen molar-refractivity contribution in [2.45, 2.75) is 47.6 Å². The van der Waals surface area contributed by atoms with Crippen molar-refractivity contribution < 1.29 is 5.11 Å². The maximum absolute atomic E-state index is 9.20. The highest BCUT2D eigenvalue weighted by molar-refractivity contribution is 5.57. The van der Waals surface area contributed by atoms with E-state index in [1.165, 1.54) is 0 Å². The van der Waals surface area contributed by atoms with Crippen molar-refractivity contribution in [1.29, 1.82) is 0 Å². The predicted octanol–water partition coefficient (Wildman–Crippen LogP) is 4.80. The first-order valence-electron chi connectivity index (χ1n) is 7.79. The molecule has 1 aromatic heterocycles. The van der Waals surface area contributed by atoms with Gasteiger partial charge in [0, 0.05) is 17.9 Å². The number of rotatable bonds is 4. The Morgan fingerprint density at radius 3 is 2.09 bits per heavy atom. The van der Waals surface area contributed by atoms with Gasteiger partial charge < -0.3 is 15.7 Å². The summed E-state index contributed by atoms with van der Waals surface area (Å²) in [6, 6.07) is 8.89. The molecule has 0 saturated carbocycles. The minimum Gasteiger partial charge on any atom is -0.508 e. The van der Waals surface area contributed by atoms with Crippen LogP contribution >= 0.6 is 0 Å². The molecule has 0 amide bonds. The number of nitrogens with zero attached hydrogens (tertiary/aromatic N) is 2. The number of phenols is 1. The van der Waals surface area contributed by atoms with E-state index in [0.717, 1.165) is 5.69 Å². The minimum atomic E-state index is 0.241. The Labute approximate surface area is 133 Å². The summed E-state index contributed by atoms with van der Waals surface area (Å²) in [5, 5.41) is 15.5. The molecule has 1 aromatic carbocycles. The number of aromatic hydroxyl groups is 1. The first-order valence-corrected chi connectivity index (χ1v) is 7.79. The van der Waals surface area contributed by atoms with Gasteiger partial charge in [-0.2, -0.15) is 4.98 Å². The van der Waals surface area contributed by atoms with Crippen LogP contribution in [-0.2, 0) is 0 Å². The van der Waals surface area contributed by atoms with Crippen molar-refractivity contribution in [3.63, 3.8) is 0 Å². The molecule has 0 bridgehead atoms. The average molecular weight is 304 g/mol. The van der Waals surface area contributed by atoms with E-state index in [0.29, 0.717) is 11.8 Å². The van der Waals surface area contributed by atoms with Crippen LogP contribution in [0.25, 0.3) is 0 Å². The second-order valence-corrected chi connectivity index (χ2v) is 4.24. The minimum absolute atomic E-state index is 0.241. The first-order chi connectivity index (χ1) is 10.6. The highest BCUT2D eigenvalue weighted by Crippen LogP contribution is 2.18. The Morgan fingerprint density at radius 2 is 1.55 bits per heavy atom. The number of anilines is 3. The van der Waals surface area contributed by atoms with Gasteiger partial charge in [-0.3, -0.25) is 0 Å². The summed E-state index contributed by atoms with van der Waals surface area (Å²) in [7, 11) is 0. The SMILES string of the molecule is CC.CC.CC(C)Nc1nccc(Nc2ccc(O)cc2)n1. The first kappa shape index (κ1) is 19.7. The molecule has 5 nitrogen and oxygen atoms in total. The molecule has 0 aliphatic heterocycles. The Balaban J connectivity index is 0.00000102. The van der Waals surface area contributed by atoms with Crippen molar-refractivity contribution in [2.24, 2.45) is 0 Å². The molecule has 0 atom stereocenters. The summed E-state index contributed by atoms with van der Waals surface area (Å²) in [6.45, 7) is 12.1. The summed E-state index contributed by atoms with van der Waals surface area (Å²) in [4.78, 5) is 8.47. The Bertz CT molecular complexity index is 512. The highest BCUT2D eigenvalue weighted by Gasteiger charge is 2.01. The molecule has 1 heterocycles. The standard InChI is InChI=1S/C13H16N4O.2C2H6/c1-9(2)15-13-14-8-7-12(17-13)16-10-3-5-11(18)6-4-10;2*1-2/h3-9,18H,1-2H3,(H2,14,15,16,17);2*1-2H3. The largest absolute Gasteiger partial charge is 0.508 e. The van der Waals surface area contributed by atoms with Crippen LogP contribution in [0.15, 0.2) is 36.5 Å². The molecular weight excluding hydrogens is 276 g/mol. The van der Waals surface area contributed by atoms with Gasteiger partial charge in [-0.15, -0.1) is 0 Å². The molecule has 0 radical (unpaired) electrons. The van der Waals surface area contributed by atoms with E-state index in [1.807, 2.05) is 41.5 Å². The number of hydrogen-bond acceptors (Lipinski definition) is 5. The van der Waals surface area contributed by atoms with Gasteiger partial charge in [-0.05, 0) is 44.2 Å². The third kappa shape index (κ3) is 7.47. The second kappa shape index (κ2) is 11.4. The summed E-state index contributed by atoms with van der Waals surface area (Å²) >= 11 is 0. The molecule has 2 rings (SSSR count). The van der Waals surface area contributed by atoms with Gasteiger partial charge in [-0.25, -0.2) is 4.98 Å².